The number of nitrogens with zero attached hydrogens (tertiary/aromatic N) is 3. The Morgan fingerprint density at radius 3 is 2.50 bits per heavy atom. The van der Waals surface area contributed by atoms with Crippen molar-refractivity contribution in [2.24, 2.45) is 0 Å². The van der Waals surface area contributed by atoms with E-state index in [1.807, 2.05) is 11.9 Å². The van der Waals surface area contributed by atoms with Gasteiger partial charge < -0.3 is 9.80 Å². The number of pyridine rings is 1. The van der Waals surface area contributed by atoms with Crippen LogP contribution in [0.2, 0.25) is 5.02 Å². The predicted molar refractivity (Wildman–Crippen MR) is 85.8 cm³/mol. The van der Waals surface area contributed by atoms with Crippen LogP contribution < -0.4 is 4.90 Å². The van der Waals surface area contributed by atoms with Crippen molar-refractivity contribution in [3.05, 3.63) is 58.5 Å². The number of rotatable bonds is 4. The Kier molecular flexibility index (Phi) is 4.98. The maximum Gasteiger partial charge on any atom is 0.254 e. The van der Waals surface area contributed by atoms with Gasteiger partial charge in [0.15, 0.2) is 0 Å². The molecule has 1 aromatic heterocycles. The summed E-state index contributed by atoms with van der Waals surface area (Å²) in [4.78, 5) is 19.4. The fraction of sp³-hybridized carbons (Fsp3) is 0.250. The Morgan fingerprint density at radius 1 is 1.23 bits per heavy atom. The lowest BCUT2D eigenvalue weighted by molar-refractivity contribution is 0.0827. The van der Waals surface area contributed by atoms with Crippen LogP contribution >= 0.6 is 11.6 Å². The molecule has 0 radical (unpaired) electrons. The summed E-state index contributed by atoms with van der Waals surface area (Å²) >= 11 is 5.67. The fourth-order valence-corrected chi connectivity index (χ4v) is 2.11. The van der Waals surface area contributed by atoms with Gasteiger partial charge >= 0.3 is 0 Å². The van der Waals surface area contributed by atoms with Crippen molar-refractivity contribution in [3.8, 4) is 0 Å². The first-order chi connectivity index (χ1) is 10.4. The van der Waals surface area contributed by atoms with Crippen molar-refractivity contribution in [2.45, 2.75) is 6.54 Å². The first kappa shape index (κ1) is 16.2. The molecule has 1 amide bonds. The summed E-state index contributed by atoms with van der Waals surface area (Å²) in [5.41, 5.74) is 1.32. The highest BCUT2D eigenvalue weighted by Crippen LogP contribution is 2.18. The number of carbonyl (C=O) groups excluding carboxylic acids is 1. The molecular weight excluding hydrogens is 305 g/mol. The summed E-state index contributed by atoms with van der Waals surface area (Å²) in [5.74, 6) is 0.166. The minimum atomic E-state index is -0.438. The highest BCUT2D eigenvalue weighted by molar-refractivity contribution is 6.30. The third-order valence-corrected chi connectivity index (χ3v) is 3.50. The summed E-state index contributed by atoms with van der Waals surface area (Å²) in [6, 6.07) is 8.20. The van der Waals surface area contributed by atoms with Crippen LogP contribution in [0.5, 0.6) is 0 Å². The maximum absolute atomic E-state index is 13.4. The standard InChI is InChI=1S/C16H17ClFN3O/c1-20(2)16(22)12-5-7-15(19-9-12)21(3)10-11-4-6-13(17)14(18)8-11/h4-9H,10H2,1-3H3. The zero-order valence-electron chi connectivity index (χ0n) is 12.7. The van der Waals surface area contributed by atoms with Crippen LogP contribution in [-0.4, -0.2) is 36.9 Å². The summed E-state index contributed by atoms with van der Waals surface area (Å²) in [6.07, 6.45) is 1.54. The highest BCUT2D eigenvalue weighted by Gasteiger charge is 2.10. The lowest BCUT2D eigenvalue weighted by atomic mass is 10.2. The molecule has 0 N–H and O–H groups in total. The fourth-order valence-electron chi connectivity index (χ4n) is 1.99. The van der Waals surface area contributed by atoms with Gasteiger partial charge in [-0.2, -0.15) is 0 Å². The number of benzene rings is 1. The topological polar surface area (TPSA) is 36.4 Å². The number of carbonyl (C=O) groups is 1. The second-order valence-electron chi connectivity index (χ2n) is 5.21. The molecule has 0 aliphatic rings. The van der Waals surface area contributed by atoms with Crippen LogP contribution in [0.4, 0.5) is 10.2 Å². The third kappa shape index (κ3) is 3.74. The van der Waals surface area contributed by atoms with Crippen molar-refractivity contribution in [1.29, 1.82) is 0 Å². The SMILES string of the molecule is CN(C)C(=O)c1ccc(N(C)Cc2ccc(Cl)c(F)c2)nc1. The van der Waals surface area contributed by atoms with Gasteiger partial charge in [0, 0.05) is 33.9 Å². The average Bonchev–Trinajstić information content (AvgIpc) is 2.50. The zero-order chi connectivity index (χ0) is 16.3. The number of amides is 1. The van der Waals surface area contributed by atoms with E-state index >= 15 is 0 Å². The van der Waals surface area contributed by atoms with Crippen LogP contribution in [0.15, 0.2) is 36.5 Å². The largest absolute Gasteiger partial charge is 0.355 e. The minimum Gasteiger partial charge on any atom is -0.355 e. The lowest BCUT2D eigenvalue weighted by Gasteiger charge is -2.19. The summed E-state index contributed by atoms with van der Waals surface area (Å²) in [5, 5.41) is 0.107. The van der Waals surface area contributed by atoms with Gasteiger partial charge in [0.2, 0.25) is 0 Å². The first-order valence-corrected chi connectivity index (χ1v) is 7.09. The molecule has 116 valence electrons. The smallest absolute Gasteiger partial charge is 0.254 e. The van der Waals surface area contributed by atoms with Crippen molar-refractivity contribution in [3.63, 3.8) is 0 Å². The molecule has 0 aliphatic carbocycles. The van der Waals surface area contributed by atoms with Gasteiger partial charge in [-0.25, -0.2) is 9.37 Å². The molecule has 4 nitrogen and oxygen atoms in total. The van der Waals surface area contributed by atoms with Crippen LogP contribution in [0, 0.1) is 5.82 Å². The van der Waals surface area contributed by atoms with Crippen molar-refractivity contribution < 1.29 is 9.18 Å². The average molecular weight is 322 g/mol. The van der Waals surface area contributed by atoms with E-state index in [-0.39, 0.29) is 10.9 Å². The quantitative estimate of drug-likeness (QED) is 0.867. The van der Waals surface area contributed by atoms with Gasteiger partial charge in [-0.05, 0) is 29.8 Å². The number of anilines is 1. The Morgan fingerprint density at radius 2 is 1.95 bits per heavy atom. The number of hydrogen-bond donors (Lipinski definition) is 0. The van der Waals surface area contributed by atoms with Gasteiger partial charge in [-0.15, -0.1) is 0 Å². The molecule has 0 saturated heterocycles. The summed E-state index contributed by atoms with van der Waals surface area (Å²) in [6.45, 7) is 0.488. The second-order valence-corrected chi connectivity index (χ2v) is 5.62. The minimum absolute atomic E-state index is 0.0959. The van der Waals surface area contributed by atoms with E-state index < -0.39 is 5.82 Å². The van der Waals surface area contributed by atoms with Gasteiger partial charge in [-0.1, -0.05) is 17.7 Å². The second kappa shape index (κ2) is 6.75. The van der Waals surface area contributed by atoms with E-state index in [0.29, 0.717) is 17.9 Å². The summed E-state index contributed by atoms with van der Waals surface area (Å²) < 4.78 is 13.4. The monoisotopic (exact) mass is 321 g/mol. The Bertz CT molecular complexity index is 674. The Balaban J connectivity index is 2.11. The molecule has 2 aromatic rings. The highest BCUT2D eigenvalue weighted by atomic mass is 35.5. The van der Waals surface area contributed by atoms with Gasteiger partial charge in [0.05, 0.1) is 10.6 Å². The van der Waals surface area contributed by atoms with Gasteiger partial charge in [0.25, 0.3) is 5.91 Å². The predicted octanol–water partition coefficient (Wildman–Crippen LogP) is 3.21. The van der Waals surface area contributed by atoms with Gasteiger partial charge in [-0.3, -0.25) is 4.79 Å². The van der Waals surface area contributed by atoms with Crippen LogP contribution in [0.3, 0.4) is 0 Å². The van der Waals surface area contributed by atoms with Crippen LogP contribution in [-0.2, 0) is 6.54 Å². The summed E-state index contributed by atoms with van der Waals surface area (Å²) in [7, 11) is 5.23. The van der Waals surface area contributed by atoms with E-state index in [2.05, 4.69) is 4.98 Å². The lowest BCUT2D eigenvalue weighted by Crippen LogP contribution is -2.22. The van der Waals surface area contributed by atoms with Crippen LogP contribution in [0.1, 0.15) is 15.9 Å². The molecule has 0 aliphatic heterocycles. The molecule has 0 saturated carbocycles. The molecule has 0 spiro atoms. The molecule has 6 heteroatoms. The first-order valence-electron chi connectivity index (χ1n) is 6.71. The molecule has 0 bridgehead atoms. The molecule has 0 atom stereocenters. The third-order valence-electron chi connectivity index (χ3n) is 3.20. The number of aromatic nitrogens is 1. The normalized spacial score (nSPS) is 10.4. The van der Waals surface area contributed by atoms with Crippen molar-refractivity contribution in [1.82, 2.24) is 9.88 Å². The van der Waals surface area contributed by atoms with E-state index in [1.54, 1.807) is 32.3 Å². The molecule has 2 rings (SSSR count). The molecule has 0 fully saturated rings. The molecule has 1 aromatic carbocycles. The number of halogens is 2. The molecular formula is C16H17ClFN3O. The Hall–Kier alpha value is -2.14. The van der Waals surface area contributed by atoms with Gasteiger partial charge in [0.1, 0.15) is 11.6 Å². The zero-order valence-corrected chi connectivity index (χ0v) is 13.4. The van der Waals surface area contributed by atoms with E-state index in [1.165, 1.54) is 23.2 Å². The van der Waals surface area contributed by atoms with Crippen molar-refractivity contribution in [2.75, 3.05) is 26.0 Å². The number of hydrogen-bond acceptors (Lipinski definition) is 3. The Labute approximate surface area is 134 Å². The van der Waals surface area contributed by atoms with E-state index in [9.17, 15) is 9.18 Å². The molecule has 1 heterocycles. The molecule has 0 unspecified atom stereocenters. The van der Waals surface area contributed by atoms with E-state index in [4.69, 9.17) is 11.6 Å². The van der Waals surface area contributed by atoms with Crippen molar-refractivity contribution >= 4 is 23.3 Å². The van der Waals surface area contributed by atoms with Crippen LogP contribution in [0.25, 0.3) is 0 Å². The van der Waals surface area contributed by atoms with E-state index in [0.717, 1.165) is 5.56 Å². The molecule has 22 heavy (non-hydrogen) atoms. The maximum atomic E-state index is 13.4.